The van der Waals surface area contributed by atoms with Crippen LogP contribution in [0.1, 0.15) is 39.5 Å². The lowest BCUT2D eigenvalue weighted by atomic mass is 10.0. The van der Waals surface area contributed by atoms with E-state index in [0.717, 1.165) is 12.8 Å². The lowest BCUT2D eigenvalue weighted by molar-refractivity contribution is -0.385. The second-order valence-corrected chi connectivity index (χ2v) is 6.33. The van der Waals surface area contributed by atoms with Crippen molar-refractivity contribution in [3.63, 3.8) is 0 Å². The number of nitrogens with zero attached hydrogens (tertiary/aromatic N) is 2. The van der Waals surface area contributed by atoms with E-state index in [4.69, 9.17) is 12.2 Å². The molecule has 26 heavy (non-hydrogen) atoms. The summed E-state index contributed by atoms with van der Waals surface area (Å²) < 4.78 is 0. The van der Waals surface area contributed by atoms with Gasteiger partial charge in [0.25, 0.3) is 5.69 Å². The highest BCUT2D eigenvalue weighted by Crippen LogP contribution is 2.37. The number of primary amides is 1. The smallest absolute Gasteiger partial charge is 0.274 e. The Bertz CT molecular complexity index is 901. The first-order valence-corrected chi connectivity index (χ1v) is 8.33. The van der Waals surface area contributed by atoms with E-state index in [1.165, 1.54) is 23.3 Å². The van der Waals surface area contributed by atoms with Gasteiger partial charge in [0.15, 0.2) is 0 Å². The second kappa shape index (κ2) is 7.38. The molecule has 1 atom stereocenters. The minimum Gasteiger partial charge on any atom is -0.366 e. The molecule has 0 fully saturated rings. The Morgan fingerprint density at radius 3 is 2.81 bits per heavy atom. The molecule has 0 spiro atoms. The zero-order valence-electron chi connectivity index (χ0n) is 14.2. The topological polar surface area (TPSA) is 89.5 Å². The maximum atomic E-state index is 11.5. The maximum absolute atomic E-state index is 11.5. The van der Waals surface area contributed by atoms with E-state index < -0.39 is 10.8 Å². The van der Waals surface area contributed by atoms with Crippen molar-refractivity contribution >= 4 is 11.6 Å². The molecule has 132 valence electrons. The van der Waals surface area contributed by atoms with Crippen LogP contribution in [0.4, 0.5) is 5.69 Å². The second-order valence-electron chi connectivity index (χ2n) is 6.33. The van der Waals surface area contributed by atoms with Gasteiger partial charge in [-0.2, -0.15) is 0 Å². The maximum Gasteiger partial charge on any atom is 0.274 e. The largest absolute Gasteiger partial charge is 0.366 e. The minimum absolute atomic E-state index is 0.116. The summed E-state index contributed by atoms with van der Waals surface area (Å²) in [5.41, 5.74) is 8.27. The highest BCUT2D eigenvalue weighted by molar-refractivity contribution is 5.93. The fourth-order valence-corrected chi connectivity index (χ4v) is 3.55. The molecule has 0 radical (unpaired) electrons. The SMILES string of the molecule is C#CCN(Cc1ccc(C(N)=O)cc1[N+](=O)[O-])[C@@H]1CCc2ccccc21. The molecule has 6 nitrogen and oxygen atoms in total. The van der Waals surface area contributed by atoms with Crippen molar-refractivity contribution in [3.05, 3.63) is 74.8 Å². The monoisotopic (exact) mass is 349 g/mol. The number of nitro groups is 1. The molecule has 1 aliphatic carbocycles. The molecule has 1 aliphatic rings. The van der Waals surface area contributed by atoms with Gasteiger partial charge in [0.05, 0.1) is 11.5 Å². The fourth-order valence-electron chi connectivity index (χ4n) is 3.55. The highest BCUT2D eigenvalue weighted by Gasteiger charge is 2.29. The van der Waals surface area contributed by atoms with Crippen LogP contribution in [0.5, 0.6) is 0 Å². The normalized spacial score (nSPS) is 15.5. The molecule has 0 saturated heterocycles. The number of aryl methyl sites for hydroxylation is 1. The van der Waals surface area contributed by atoms with Gasteiger partial charge in [-0.3, -0.25) is 19.8 Å². The molecule has 1 amide bonds. The van der Waals surface area contributed by atoms with Gasteiger partial charge in [-0.05, 0) is 30.0 Å². The third-order valence-electron chi connectivity index (χ3n) is 4.78. The van der Waals surface area contributed by atoms with Gasteiger partial charge in [0.2, 0.25) is 5.91 Å². The van der Waals surface area contributed by atoms with E-state index in [1.807, 2.05) is 12.1 Å². The van der Waals surface area contributed by atoms with Crippen LogP contribution in [0.25, 0.3) is 0 Å². The van der Waals surface area contributed by atoms with Crippen molar-refractivity contribution in [2.24, 2.45) is 5.73 Å². The van der Waals surface area contributed by atoms with E-state index >= 15 is 0 Å². The first-order valence-electron chi connectivity index (χ1n) is 8.33. The summed E-state index contributed by atoms with van der Waals surface area (Å²) in [7, 11) is 0. The van der Waals surface area contributed by atoms with Gasteiger partial charge in [-0.25, -0.2) is 0 Å². The fraction of sp³-hybridized carbons (Fsp3) is 0.250. The van der Waals surface area contributed by atoms with Gasteiger partial charge >= 0.3 is 0 Å². The number of carbonyl (C=O) groups is 1. The third-order valence-corrected chi connectivity index (χ3v) is 4.78. The summed E-state index contributed by atoms with van der Waals surface area (Å²) in [6.07, 6.45) is 7.43. The van der Waals surface area contributed by atoms with E-state index in [9.17, 15) is 14.9 Å². The van der Waals surface area contributed by atoms with Crippen molar-refractivity contribution in [3.8, 4) is 12.3 Å². The number of hydrogen-bond donors (Lipinski definition) is 1. The summed E-state index contributed by atoms with van der Waals surface area (Å²) >= 11 is 0. The van der Waals surface area contributed by atoms with Crippen molar-refractivity contribution < 1.29 is 9.72 Å². The predicted molar refractivity (Wildman–Crippen MR) is 98.4 cm³/mol. The number of rotatable bonds is 6. The van der Waals surface area contributed by atoms with Gasteiger partial charge in [-0.1, -0.05) is 36.3 Å². The van der Waals surface area contributed by atoms with Crippen molar-refractivity contribution in [2.75, 3.05) is 6.54 Å². The van der Waals surface area contributed by atoms with Crippen molar-refractivity contribution in [1.29, 1.82) is 0 Å². The number of amides is 1. The quantitative estimate of drug-likeness (QED) is 0.493. The van der Waals surface area contributed by atoms with Gasteiger partial charge < -0.3 is 5.73 Å². The first-order chi connectivity index (χ1) is 12.5. The molecular formula is C20H19N3O3. The van der Waals surface area contributed by atoms with Crippen LogP contribution in [-0.4, -0.2) is 22.3 Å². The Labute approximate surface area is 151 Å². The van der Waals surface area contributed by atoms with Crippen molar-refractivity contribution in [1.82, 2.24) is 4.90 Å². The Hall–Kier alpha value is -3.17. The number of carbonyl (C=O) groups excluding carboxylic acids is 1. The Morgan fingerprint density at radius 1 is 1.35 bits per heavy atom. The van der Waals surface area contributed by atoms with Gasteiger partial charge in [0.1, 0.15) is 0 Å². The highest BCUT2D eigenvalue weighted by atomic mass is 16.6. The lowest BCUT2D eigenvalue weighted by Crippen LogP contribution is -2.28. The number of benzene rings is 2. The predicted octanol–water partition coefficient (Wildman–Crippen LogP) is 2.82. The Morgan fingerprint density at radius 2 is 2.12 bits per heavy atom. The van der Waals surface area contributed by atoms with Crippen LogP contribution in [-0.2, 0) is 13.0 Å². The molecule has 0 bridgehead atoms. The molecule has 0 aliphatic heterocycles. The number of terminal acetylenes is 1. The first kappa shape index (κ1) is 17.6. The molecular weight excluding hydrogens is 330 g/mol. The molecule has 2 aromatic carbocycles. The molecule has 0 unspecified atom stereocenters. The Kier molecular flexibility index (Phi) is 5.01. The molecule has 0 heterocycles. The van der Waals surface area contributed by atoms with E-state index in [0.29, 0.717) is 18.7 Å². The van der Waals surface area contributed by atoms with Gasteiger partial charge in [-0.15, -0.1) is 6.42 Å². The van der Waals surface area contributed by atoms with Gasteiger partial charge in [0, 0.05) is 29.8 Å². The molecule has 6 heteroatoms. The summed E-state index contributed by atoms with van der Waals surface area (Å²) in [5.74, 6) is 1.97. The lowest BCUT2D eigenvalue weighted by Gasteiger charge is -2.27. The van der Waals surface area contributed by atoms with E-state index in [1.54, 1.807) is 6.07 Å². The van der Waals surface area contributed by atoms with Crippen LogP contribution in [0, 0.1) is 22.5 Å². The van der Waals surface area contributed by atoms with Crippen LogP contribution < -0.4 is 5.73 Å². The zero-order valence-corrected chi connectivity index (χ0v) is 14.2. The molecule has 2 aromatic rings. The summed E-state index contributed by atoms with van der Waals surface area (Å²) in [6, 6.07) is 12.7. The van der Waals surface area contributed by atoms with Crippen LogP contribution in [0.2, 0.25) is 0 Å². The van der Waals surface area contributed by atoms with Crippen LogP contribution in [0.3, 0.4) is 0 Å². The minimum atomic E-state index is -0.690. The van der Waals surface area contributed by atoms with Crippen molar-refractivity contribution in [2.45, 2.75) is 25.4 Å². The van der Waals surface area contributed by atoms with E-state index in [2.05, 4.69) is 23.0 Å². The Balaban J connectivity index is 1.93. The zero-order chi connectivity index (χ0) is 18.7. The number of nitrogens with two attached hydrogens (primary N) is 1. The molecule has 2 N–H and O–H groups in total. The number of hydrogen-bond acceptors (Lipinski definition) is 4. The van der Waals surface area contributed by atoms with Crippen LogP contribution >= 0.6 is 0 Å². The summed E-state index contributed by atoms with van der Waals surface area (Å²) in [6.45, 7) is 0.715. The third kappa shape index (κ3) is 3.44. The molecule has 0 saturated carbocycles. The summed E-state index contributed by atoms with van der Waals surface area (Å²) in [4.78, 5) is 24.4. The number of fused-ring (bicyclic) bond motifs is 1. The molecule has 0 aromatic heterocycles. The standard InChI is InChI=1S/C20H19N3O3/c1-2-11-22(18-10-9-14-5-3-4-6-17(14)18)13-16-8-7-15(20(21)24)12-19(16)23(25)26/h1,3-8,12,18H,9-11,13H2,(H2,21,24)/t18-/m1/s1. The average molecular weight is 349 g/mol. The molecule has 3 rings (SSSR count). The van der Waals surface area contributed by atoms with Crippen LogP contribution in [0.15, 0.2) is 42.5 Å². The summed E-state index contributed by atoms with van der Waals surface area (Å²) in [5, 5.41) is 11.5. The average Bonchev–Trinajstić information content (AvgIpc) is 3.05. The number of nitro benzene ring substituents is 1. The van der Waals surface area contributed by atoms with E-state index in [-0.39, 0.29) is 17.3 Å².